The van der Waals surface area contributed by atoms with Crippen LogP contribution in [0.5, 0.6) is 0 Å². The zero-order valence-corrected chi connectivity index (χ0v) is 11.5. The molecule has 5 nitrogen and oxygen atoms in total. The molecule has 106 valence electrons. The van der Waals surface area contributed by atoms with E-state index >= 15 is 0 Å². The van der Waals surface area contributed by atoms with E-state index in [1.165, 1.54) is 0 Å². The zero-order chi connectivity index (χ0) is 14.7. The average Bonchev–Trinajstić information content (AvgIpc) is 2.81. The van der Waals surface area contributed by atoms with Crippen LogP contribution in [-0.2, 0) is 9.53 Å². The molecule has 0 saturated carbocycles. The Morgan fingerprint density at radius 2 is 2.35 bits per heavy atom. The van der Waals surface area contributed by atoms with Gasteiger partial charge >= 0.3 is 5.97 Å². The summed E-state index contributed by atoms with van der Waals surface area (Å²) in [5.74, 6) is -0.309. The third-order valence-corrected chi connectivity index (χ3v) is 3.32. The number of amides is 1. The molecule has 1 aliphatic heterocycles. The van der Waals surface area contributed by atoms with Gasteiger partial charge in [-0.25, -0.2) is 4.79 Å². The smallest absolute Gasteiger partial charge is 0.338 e. The number of benzene rings is 1. The van der Waals surface area contributed by atoms with E-state index in [1.54, 1.807) is 36.1 Å². The third kappa shape index (κ3) is 2.66. The van der Waals surface area contributed by atoms with Crippen LogP contribution in [-0.4, -0.2) is 25.0 Å². The van der Waals surface area contributed by atoms with Crippen molar-refractivity contribution >= 4 is 23.3 Å². The van der Waals surface area contributed by atoms with Crippen LogP contribution in [0.25, 0.3) is 0 Å². The Morgan fingerprint density at radius 1 is 1.60 bits per heavy atom. The lowest BCUT2D eigenvalue weighted by Gasteiger charge is -2.19. The molecule has 20 heavy (non-hydrogen) atoms. The van der Waals surface area contributed by atoms with Crippen molar-refractivity contribution in [2.24, 2.45) is 5.92 Å². The quantitative estimate of drug-likeness (QED) is 0.517. The molecule has 2 N–H and O–H groups in total. The monoisotopic (exact) mass is 274 g/mol. The summed E-state index contributed by atoms with van der Waals surface area (Å²) in [5.41, 5.74) is 7.34. The molecular weight excluding hydrogens is 256 g/mol. The van der Waals surface area contributed by atoms with Crippen molar-refractivity contribution in [1.82, 2.24) is 0 Å². The topological polar surface area (TPSA) is 72.6 Å². The summed E-state index contributed by atoms with van der Waals surface area (Å²) in [6, 6.07) is 4.83. The second kappa shape index (κ2) is 5.77. The van der Waals surface area contributed by atoms with E-state index in [4.69, 9.17) is 10.5 Å². The summed E-state index contributed by atoms with van der Waals surface area (Å²) in [4.78, 5) is 25.4. The first-order valence-electron chi connectivity index (χ1n) is 6.56. The van der Waals surface area contributed by atoms with Gasteiger partial charge in [-0.05, 0) is 25.1 Å². The normalized spacial score (nSPS) is 18.1. The van der Waals surface area contributed by atoms with Crippen LogP contribution in [0.1, 0.15) is 23.7 Å². The molecule has 1 aliphatic rings. The molecule has 2 rings (SSSR count). The maximum absolute atomic E-state index is 12.0. The largest absolute Gasteiger partial charge is 0.462 e. The van der Waals surface area contributed by atoms with Gasteiger partial charge in [-0.15, -0.1) is 6.58 Å². The van der Waals surface area contributed by atoms with E-state index in [9.17, 15) is 9.59 Å². The highest BCUT2D eigenvalue weighted by Gasteiger charge is 2.30. The lowest BCUT2D eigenvalue weighted by Crippen LogP contribution is -2.25. The number of ether oxygens (including phenoxy) is 1. The minimum absolute atomic E-state index is 0.0115. The first kappa shape index (κ1) is 14.1. The molecule has 1 saturated heterocycles. The van der Waals surface area contributed by atoms with Crippen molar-refractivity contribution in [3.63, 3.8) is 0 Å². The molecule has 0 radical (unpaired) electrons. The summed E-state index contributed by atoms with van der Waals surface area (Å²) < 4.78 is 4.96. The first-order chi connectivity index (χ1) is 9.56. The molecule has 1 heterocycles. The number of carbonyl (C=O) groups excluding carboxylic acids is 2. The van der Waals surface area contributed by atoms with Crippen molar-refractivity contribution in [3.05, 3.63) is 36.4 Å². The van der Waals surface area contributed by atoms with Gasteiger partial charge in [0, 0.05) is 18.9 Å². The van der Waals surface area contributed by atoms with Crippen LogP contribution in [0.2, 0.25) is 0 Å². The molecule has 1 aromatic rings. The molecule has 5 heteroatoms. The zero-order valence-electron chi connectivity index (χ0n) is 11.5. The van der Waals surface area contributed by atoms with Gasteiger partial charge in [0.25, 0.3) is 0 Å². The number of nitrogens with two attached hydrogens (primary N) is 1. The maximum atomic E-state index is 12.0. The van der Waals surface area contributed by atoms with Crippen molar-refractivity contribution in [3.8, 4) is 0 Å². The van der Waals surface area contributed by atoms with Gasteiger partial charge in [-0.2, -0.15) is 0 Å². The second-order valence-electron chi connectivity index (χ2n) is 4.70. The number of esters is 1. The van der Waals surface area contributed by atoms with Gasteiger partial charge in [-0.1, -0.05) is 6.08 Å². The Hall–Kier alpha value is -2.30. The maximum Gasteiger partial charge on any atom is 0.338 e. The van der Waals surface area contributed by atoms with E-state index in [-0.39, 0.29) is 11.8 Å². The van der Waals surface area contributed by atoms with Gasteiger partial charge < -0.3 is 15.4 Å². The average molecular weight is 274 g/mol. The van der Waals surface area contributed by atoms with E-state index in [1.807, 2.05) is 0 Å². The van der Waals surface area contributed by atoms with E-state index in [2.05, 4.69) is 6.58 Å². The predicted molar refractivity (Wildman–Crippen MR) is 77.5 cm³/mol. The van der Waals surface area contributed by atoms with Crippen molar-refractivity contribution in [2.75, 3.05) is 23.8 Å². The molecule has 1 atom stereocenters. The number of rotatable bonds is 4. The summed E-state index contributed by atoms with van der Waals surface area (Å²) in [6.45, 7) is 6.30. The van der Waals surface area contributed by atoms with Gasteiger partial charge in [0.2, 0.25) is 5.91 Å². The van der Waals surface area contributed by atoms with Crippen LogP contribution < -0.4 is 10.6 Å². The molecule has 0 bridgehead atoms. The van der Waals surface area contributed by atoms with E-state index in [0.717, 1.165) is 0 Å². The summed E-state index contributed by atoms with van der Waals surface area (Å²) in [5, 5.41) is 0. The second-order valence-corrected chi connectivity index (χ2v) is 4.70. The molecule has 0 aromatic heterocycles. The van der Waals surface area contributed by atoms with Crippen LogP contribution in [0.3, 0.4) is 0 Å². The van der Waals surface area contributed by atoms with Crippen LogP contribution in [0.15, 0.2) is 30.9 Å². The van der Waals surface area contributed by atoms with Crippen LogP contribution in [0.4, 0.5) is 11.4 Å². The highest BCUT2D eigenvalue weighted by molar-refractivity contribution is 6.00. The van der Waals surface area contributed by atoms with E-state index < -0.39 is 5.97 Å². The van der Waals surface area contributed by atoms with Gasteiger partial charge in [0.05, 0.1) is 23.5 Å². The molecule has 0 spiro atoms. The fourth-order valence-corrected chi connectivity index (χ4v) is 2.24. The lowest BCUT2D eigenvalue weighted by atomic mass is 10.1. The standard InChI is InChI=1S/C15H18N2O3/c1-3-10-7-14(18)17(9-10)13-8-11(5-6-12(13)16)15(19)20-4-2/h3,5-6,8,10H,1,4,7,9,16H2,2H3. The van der Waals surface area contributed by atoms with Gasteiger partial charge in [0.15, 0.2) is 0 Å². The summed E-state index contributed by atoms with van der Waals surface area (Å²) >= 11 is 0. The fraction of sp³-hybridized carbons (Fsp3) is 0.333. The minimum atomic E-state index is -0.416. The Labute approximate surface area is 118 Å². The Morgan fingerprint density at radius 3 is 2.95 bits per heavy atom. The lowest BCUT2D eigenvalue weighted by molar-refractivity contribution is -0.117. The predicted octanol–water partition coefficient (Wildman–Crippen LogP) is 1.98. The number of anilines is 2. The number of hydrogen-bond donors (Lipinski definition) is 1. The SMILES string of the molecule is C=CC1CC(=O)N(c2cc(C(=O)OCC)ccc2N)C1. The molecule has 0 aliphatic carbocycles. The first-order valence-corrected chi connectivity index (χ1v) is 6.56. The van der Waals surface area contributed by atoms with Gasteiger partial charge in [-0.3, -0.25) is 4.79 Å². The molecule has 1 fully saturated rings. The van der Waals surface area contributed by atoms with Crippen molar-refractivity contribution in [1.29, 1.82) is 0 Å². The van der Waals surface area contributed by atoms with Crippen molar-refractivity contribution < 1.29 is 14.3 Å². The summed E-state index contributed by atoms with van der Waals surface area (Å²) in [7, 11) is 0. The number of nitrogens with zero attached hydrogens (tertiary/aromatic N) is 1. The minimum Gasteiger partial charge on any atom is -0.462 e. The Bertz CT molecular complexity index is 554. The molecule has 1 amide bonds. The Kier molecular flexibility index (Phi) is 4.08. The van der Waals surface area contributed by atoms with Gasteiger partial charge in [0.1, 0.15) is 0 Å². The fourth-order valence-electron chi connectivity index (χ4n) is 2.24. The van der Waals surface area contributed by atoms with Crippen LogP contribution >= 0.6 is 0 Å². The van der Waals surface area contributed by atoms with Crippen LogP contribution in [0, 0.1) is 5.92 Å². The third-order valence-electron chi connectivity index (χ3n) is 3.32. The van der Waals surface area contributed by atoms with Crippen molar-refractivity contribution in [2.45, 2.75) is 13.3 Å². The molecule has 1 aromatic carbocycles. The number of nitrogen functional groups attached to an aromatic ring is 1. The molecule has 1 unspecified atom stereocenters. The highest BCUT2D eigenvalue weighted by Crippen LogP contribution is 2.31. The molecular formula is C15H18N2O3. The number of hydrogen-bond acceptors (Lipinski definition) is 4. The summed E-state index contributed by atoms with van der Waals surface area (Å²) in [6.07, 6.45) is 2.19. The highest BCUT2D eigenvalue weighted by atomic mass is 16.5. The Balaban J connectivity index is 2.31. The van der Waals surface area contributed by atoms with E-state index in [0.29, 0.717) is 36.5 Å². The number of carbonyl (C=O) groups is 2.